The van der Waals surface area contributed by atoms with Gasteiger partial charge in [0.25, 0.3) is 0 Å². The van der Waals surface area contributed by atoms with Crippen LogP contribution in [0, 0.1) is 0 Å². The molecule has 114 valence electrons. The van der Waals surface area contributed by atoms with Crippen LogP contribution in [0.2, 0.25) is 0 Å². The van der Waals surface area contributed by atoms with Gasteiger partial charge in [-0.1, -0.05) is 28.1 Å². The second-order valence-corrected chi connectivity index (χ2v) is 6.93. The topological polar surface area (TPSA) is 50.4 Å². The lowest BCUT2D eigenvalue weighted by molar-refractivity contribution is -0.129. The molecule has 3 rings (SSSR count). The van der Waals surface area contributed by atoms with Gasteiger partial charge in [-0.2, -0.15) is 0 Å². The van der Waals surface area contributed by atoms with E-state index < -0.39 is 0 Å². The summed E-state index contributed by atoms with van der Waals surface area (Å²) in [4.78, 5) is 12.3. The minimum atomic E-state index is -0.239. The smallest absolute Gasteiger partial charge is 0.239 e. The van der Waals surface area contributed by atoms with Gasteiger partial charge in [-0.3, -0.25) is 4.79 Å². The fourth-order valence-electron chi connectivity index (χ4n) is 2.93. The normalized spacial score (nSPS) is 27.1. The van der Waals surface area contributed by atoms with Crippen molar-refractivity contribution in [2.45, 2.75) is 37.3 Å². The van der Waals surface area contributed by atoms with Gasteiger partial charge in [0.1, 0.15) is 6.04 Å². The zero-order chi connectivity index (χ0) is 14.9. The van der Waals surface area contributed by atoms with Gasteiger partial charge in [-0.05, 0) is 37.5 Å². The molecule has 0 unspecified atom stereocenters. The van der Waals surface area contributed by atoms with Crippen molar-refractivity contribution in [3.63, 3.8) is 0 Å². The molecular weight excluding hydrogens is 332 g/mol. The Kier molecular flexibility index (Phi) is 4.33. The first-order chi connectivity index (χ1) is 10.1. The van der Waals surface area contributed by atoms with Crippen LogP contribution in [-0.2, 0) is 14.9 Å². The summed E-state index contributed by atoms with van der Waals surface area (Å²) in [7, 11) is 0. The molecule has 1 aliphatic carbocycles. The molecule has 0 aromatic heterocycles. The number of morpholine rings is 1. The molecule has 4 nitrogen and oxygen atoms in total. The Hall–Kier alpha value is -0.910. The maximum absolute atomic E-state index is 12.3. The van der Waals surface area contributed by atoms with E-state index >= 15 is 0 Å². The van der Waals surface area contributed by atoms with Crippen LogP contribution in [0.1, 0.15) is 25.3 Å². The highest BCUT2D eigenvalue weighted by Crippen LogP contribution is 2.48. The Morgan fingerprint density at radius 1 is 1.52 bits per heavy atom. The largest absolute Gasteiger partial charge is 0.375 e. The highest BCUT2D eigenvalue weighted by atomic mass is 79.9. The van der Waals surface area contributed by atoms with Gasteiger partial charge in [0.05, 0.1) is 12.7 Å². The number of benzene rings is 1. The van der Waals surface area contributed by atoms with Gasteiger partial charge in [0.2, 0.25) is 5.91 Å². The first-order valence-electron chi connectivity index (χ1n) is 7.49. The van der Waals surface area contributed by atoms with Gasteiger partial charge < -0.3 is 15.4 Å². The SMILES string of the molecule is C[C@H]1OCCN[C@@H]1C(=O)NCC1(c2cccc(Br)c2)CC1. The molecule has 2 aliphatic rings. The predicted molar refractivity (Wildman–Crippen MR) is 85.3 cm³/mol. The molecule has 1 aromatic carbocycles. The van der Waals surface area contributed by atoms with Crippen LogP contribution in [0.5, 0.6) is 0 Å². The summed E-state index contributed by atoms with van der Waals surface area (Å²) in [6.45, 7) is 4.05. The monoisotopic (exact) mass is 352 g/mol. The minimum Gasteiger partial charge on any atom is -0.375 e. The Labute approximate surface area is 133 Å². The summed E-state index contributed by atoms with van der Waals surface area (Å²) in [5, 5.41) is 6.34. The van der Waals surface area contributed by atoms with Gasteiger partial charge in [0, 0.05) is 23.0 Å². The van der Waals surface area contributed by atoms with Crippen molar-refractivity contribution < 1.29 is 9.53 Å². The van der Waals surface area contributed by atoms with E-state index in [4.69, 9.17) is 4.74 Å². The van der Waals surface area contributed by atoms with Crippen molar-refractivity contribution in [3.8, 4) is 0 Å². The lowest BCUT2D eigenvalue weighted by atomic mass is 9.96. The lowest BCUT2D eigenvalue weighted by Crippen LogP contribution is -2.56. The first-order valence-corrected chi connectivity index (χ1v) is 8.29. The summed E-state index contributed by atoms with van der Waals surface area (Å²) in [6.07, 6.45) is 2.20. The number of hydrogen-bond acceptors (Lipinski definition) is 3. The van der Waals surface area contributed by atoms with Crippen LogP contribution >= 0.6 is 15.9 Å². The molecular formula is C16H21BrN2O2. The van der Waals surface area contributed by atoms with E-state index in [9.17, 15) is 4.79 Å². The number of carbonyl (C=O) groups is 1. The molecule has 1 heterocycles. The van der Waals surface area contributed by atoms with E-state index in [1.54, 1.807) is 0 Å². The maximum Gasteiger partial charge on any atom is 0.239 e. The zero-order valence-electron chi connectivity index (χ0n) is 12.2. The molecule has 1 saturated carbocycles. The molecule has 21 heavy (non-hydrogen) atoms. The molecule has 5 heteroatoms. The van der Waals surface area contributed by atoms with Crippen LogP contribution in [0.4, 0.5) is 0 Å². The van der Waals surface area contributed by atoms with Gasteiger partial charge in [-0.15, -0.1) is 0 Å². The highest BCUT2D eigenvalue weighted by molar-refractivity contribution is 9.10. The van der Waals surface area contributed by atoms with Crippen molar-refractivity contribution in [2.24, 2.45) is 0 Å². The molecule has 2 fully saturated rings. The number of halogens is 1. The van der Waals surface area contributed by atoms with Crippen LogP contribution in [-0.4, -0.2) is 37.7 Å². The van der Waals surface area contributed by atoms with E-state index in [1.165, 1.54) is 5.56 Å². The Morgan fingerprint density at radius 2 is 2.33 bits per heavy atom. The average molecular weight is 353 g/mol. The molecule has 1 saturated heterocycles. The fourth-order valence-corrected chi connectivity index (χ4v) is 3.33. The maximum atomic E-state index is 12.3. The van der Waals surface area contributed by atoms with Crippen molar-refractivity contribution in [2.75, 3.05) is 19.7 Å². The number of nitrogens with one attached hydrogen (secondary N) is 2. The van der Waals surface area contributed by atoms with Crippen LogP contribution in [0.25, 0.3) is 0 Å². The summed E-state index contributed by atoms with van der Waals surface area (Å²) in [5.41, 5.74) is 1.43. The quantitative estimate of drug-likeness (QED) is 0.870. The van der Waals surface area contributed by atoms with Gasteiger partial charge in [0.15, 0.2) is 0 Å². The van der Waals surface area contributed by atoms with Crippen LogP contribution in [0.3, 0.4) is 0 Å². The molecule has 0 bridgehead atoms. The number of carbonyl (C=O) groups excluding carboxylic acids is 1. The molecule has 1 aliphatic heterocycles. The van der Waals surface area contributed by atoms with E-state index in [0.29, 0.717) is 13.2 Å². The van der Waals surface area contributed by atoms with E-state index in [0.717, 1.165) is 23.9 Å². The molecule has 2 N–H and O–H groups in total. The molecule has 0 radical (unpaired) electrons. The third kappa shape index (κ3) is 3.30. The Balaban J connectivity index is 1.61. The number of ether oxygens (including phenoxy) is 1. The Morgan fingerprint density at radius 3 is 3.00 bits per heavy atom. The minimum absolute atomic E-state index is 0.0449. The fraction of sp³-hybridized carbons (Fsp3) is 0.562. The van der Waals surface area contributed by atoms with E-state index in [1.807, 2.05) is 13.0 Å². The second-order valence-electron chi connectivity index (χ2n) is 6.02. The summed E-state index contributed by atoms with van der Waals surface area (Å²) in [5.74, 6) is 0.0449. The number of hydrogen-bond donors (Lipinski definition) is 2. The molecule has 0 spiro atoms. The summed E-state index contributed by atoms with van der Waals surface area (Å²) in [6, 6.07) is 8.15. The molecule has 2 atom stereocenters. The van der Waals surface area contributed by atoms with Crippen LogP contribution in [0.15, 0.2) is 28.7 Å². The zero-order valence-corrected chi connectivity index (χ0v) is 13.8. The number of amides is 1. The summed E-state index contributed by atoms with van der Waals surface area (Å²) < 4.78 is 6.62. The number of rotatable bonds is 4. The molecule has 1 amide bonds. The van der Waals surface area contributed by atoms with Gasteiger partial charge in [-0.25, -0.2) is 0 Å². The second kappa shape index (κ2) is 6.07. The highest BCUT2D eigenvalue weighted by Gasteiger charge is 2.44. The van der Waals surface area contributed by atoms with E-state index in [2.05, 4.69) is 44.8 Å². The lowest BCUT2D eigenvalue weighted by Gasteiger charge is -2.30. The standard InChI is InChI=1S/C16H21BrN2O2/c1-11-14(18-7-8-21-11)15(20)19-10-16(5-6-16)12-3-2-4-13(17)9-12/h2-4,9,11,14,18H,5-8,10H2,1H3,(H,19,20)/t11-,14+/m1/s1. The van der Waals surface area contributed by atoms with Crippen molar-refractivity contribution >= 4 is 21.8 Å². The van der Waals surface area contributed by atoms with E-state index in [-0.39, 0.29) is 23.5 Å². The summed E-state index contributed by atoms with van der Waals surface area (Å²) >= 11 is 3.52. The first kappa shape index (κ1) is 15.0. The van der Waals surface area contributed by atoms with Crippen molar-refractivity contribution in [1.29, 1.82) is 0 Å². The van der Waals surface area contributed by atoms with Crippen molar-refractivity contribution in [3.05, 3.63) is 34.3 Å². The average Bonchev–Trinajstić information content (AvgIpc) is 3.26. The Bertz CT molecular complexity index is 531. The van der Waals surface area contributed by atoms with Crippen LogP contribution < -0.4 is 10.6 Å². The predicted octanol–water partition coefficient (Wildman–Crippen LogP) is 1.97. The third-order valence-electron chi connectivity index (χ3n) is 4.49. The third-order valence-corrected chi connectivity index (χ3v) is 4.98. The van der Waals surface area contributed by atoms with Gasteiger partial charge >= 0.3 is 0 Å². The molecule has 1 aromatic rings. The van der Waals surface area contributed by atoms with Crippen molar-refractivity contribution in [1.82, 2.24) is 10.6 Å².